The van der Waals surface area contributed by atoms with Crippen LogP contribution in [0.2, 0.25) is 0 Å². The van der Waals surface area contributed by atoms with Gasteiger partial charge in [0.1, 0.15) is 6.04 Å². The number of aliphatic carboxylic acids is 1. The Morgan fingerprint density at radius 3 is 2.84 bits per heavy atom. The molecule has 1 aliphatic carbocycles. The van der Waals surface area contributed by atoms with Crippen LogP contribution >= 0.6 is 11.3 Å². The Labute approximate surface area is 116 Å². The van der Waals surface area contributed by atoms with Gasteiger partial charge in [0.25, 0.3) is 0 Å². The van der Waals surface area contributed by atoms with E-state index in [2.05, 4.69) is 5.32 Å². The number of rotatable bonds is 4. The summed E-state index contributed by atoms with van der Waals surface area (Å²) < 4.78 is 0. The van der Waals surface area contributed by atoms with Gasteiger partial charge in [-0.05, 0) is 42.2 Å². The Kier molecular flexibility index (Phi) is 4.24. The molecule has 5 heteroatoms. The first kappa shape index (κ1) is 14.1. The summed E-state index contributed by atoms with van der Waals surface area (Å²) in [6.07, 6.45) is 2.83. The van der Waals surface area contributed by atoms with Crippen molar-refractivity contribution in [1.82, 2.24) is 5.32 Å². The van der Waals surface area contributed by atoms with Crippen LogP contribution in [-0.2, 0) is 16.0 Å². The molecule has 1 aromatic heterocycles. The molecule has 2 atom stereocenters. The number of carboxylic acids is 1. The van der Waals surface area contributed by atoms with E-state index in [9.17, 15) is 9.59 Å². The van der Waals surface area contributed by atoms with Crippen molar-refractivity contribution in [3.05, 3.63) is 21.9 Å². The Morgan fingerprint density at radius 2 is 2.21 bits per heavy atom. The van der Waals surface area contributed by atoms with E-state index in [1.807, 2.05) is 11.4 Å². The highest BCUT2D eigenvalue weighted by Gasteiger charge is 2.31. The fourth-order valence-corrected chi connectivity index (χ4v) is 3.51. The van der Waals surface area contributed by atoms with E-state index >= 15 is 0 Å². The van der Waals surface area contributed by atoms with E-state index in [1.54, 1.807) is 25.2 Å². The maximum absolute atomic E-state index is 12.3. The van der Waals surface area contributed by atoms with E-state index in [1.165, 1.54) is 4.88 Å². The van der Waals surface area contributed by atoms with Crippen molar-refractivity contribution in [3.63, 3.8) is 0 Å². The number of fused-ring (bicyclic) bond motifs is 1. The molecule has 104 valence electrons. The average Bonchev–Trinajstić information content (AvgIpc) is 2.82. The van der Waals surface area contributed by atoms with Crippen LogP contribution in [0.1, 0.15) is 43.0 Å². The Morgan fingerprint density at radius 1 is 1.47 bits per heavy atom. The third-order valence-electron chi connectivity index (χ3n) is 3.60. The molecule has 4 nitrogen and oxygen atoms in total. The van der Waals surface area contributed by atoms with Crippen LogP contribution < -0.4 is 5.32 Å². The van der Waals surface area contributed by atoms with Crippen LogP contribution in [0.4, 0.5) is 0 Å². The topological polar surface area (TPSA) is 66.4 Å². The number of amides is 1. The summed E-state index contributed by atoms with van der Waals surface area (Å²) in [6, 6.07) is 1.19. The SMILES string of the molecule is CC(C)C(NC(=O)C1CCCc2sccc21)C(=O)O. The fourth-order valence-electron chi connectivity index (χ4n) is 2.53. The lowest BCUT2D eigenvalue weighted by Crippen LogP contribution is -2.46. The van der Waals surface area contributed by atoms with Crippen LogP contribution in [0.5, 0.6) is 0 Å². The molecule has 1 heterocycles. The second kappa shape index (κ2) is 5.74. The van der Waals surface area contributed by atoms with Crippen LogP contribution in [0.3, 0.4) is 0 Å². The van der Waals surface area contributed by atoms with Crippen molar-refractivity contribution in [2.45, 2.75) is 45.1 Å². The molecule has 0 spiro atoms. The molecule has 1 aromatic rings. The van der Waals surface area contributed by atoms with Crippen LogP contribution in [0, 0.1) is 5.92 Å². The minimum Gasteiger partial charge on any atom is -0.480 e. The lowest BCUT2D eigenvalue weighted by molar-refractivity contribution is -0.143. The minimum atomic E-state index is -0.968. The molecule has 1 aliphatic rings. The number of carbonyl (C=O) groups is 2. The molecule has 19 heavy (non-hydrogen) atoms. The van der Waals surface area contributed by atoms with Crippen molar-refractivity contribution in [2.75, 3.05) is 0 Å². The molecule has 2 rings (SSSR count). The molecule has 0 saturated carbocycles. The molecule has 0 saturated heterocycles. The molecule has 2 N–H and O–H groups in total. The first-order chi connectivity index (χ1) is 9.00. The van der Waals surface area contributed by atoms with E-state index in [4.69, 9.17) is 5.11 Å². The Bertz CT molecular complexity index is 481. The van der Waals surface area contributed by atoms with Gasteiger partial charge < -0.3 is 10.4 Å². The van der Waals surface area contributed by atoms with Crippen LogP contribution in [-0.4, -0.2) is 23.0 Å². The summed E-state index contributed by atoms with van der Waals surface area (Å²) in [6.45, 7) is 3.60. The van der Waals surface area contributed by atoms with Gasteiger partial charge in [0.2, 0.25) is 5.91 Å². The van der Waals surface area contributed by atoms with E-state index < -0.39 is 12.0 Å². The number of aryl methyl sites for hydroxylation is 1. The molecule has 0 bridgehead atoms. The summed E-state index contributed by atoms with van der Waals surface area (Å²) >= 11 is 1.68. The average molecular weight is 281 g/mol. The van der Waals surface area contributed by atoms with Crippen molar-refractivity contribution >= 4 is 23.2 Å². The van der Waals surface area contributed by atoms with Crippen molar-refractivity contribution in [1.29, 1.82) is 0 Å². The predicted molar refractivity (Wildman–Crippen MR) is 74.4 cm³/mol. The summed E-state index contributed by atoms with van der Waals surface area (Å²) in [5, 5.41) is 13.8. The van der Waals surface area contributed by atoms with E-state index in [0.29, 0.717) is 0 Å². The van der Waals surface area contributed by atoms with Crippen molar-refractivity contribution in [2.24, 2.45) is 5.92 Å². The Balaban J connectivity index is 2.11. The lowest BCUT2D eigenvalue weighted by atomic mass is 9.86. The van der Waals surface area contributed by atoms with Gasteiger partial charge in [0, 0.05) is 4.88 Å². The van der Waals surface area contributed by atoms with Gasteiger partial charge in [-0.3, -0.25) is 4.79 Å². The van der Waals surface area contributed by atoms with Gasteiger partial charge in [-0.1, -0.05) is 13.8 Å². The van der Waals surface area contributed by atoms with Crippen LogP contribution in [0.15, 0.2) is 11.4 Å². The van der Waals surface area contributed by atoms with Gasteiger partial charge >= 0.3 is 5.97 Å². The van der Waals surface area contributed by atoms with E-state index in [0.717, 1.165) is 24.8 Å². The van der Waals surface area contributed by atoms with Gasteiger partial charge in [-0.25, -0.2) is 4.79 Å². The second-order valence-corrected chi connectivity index (χ2v) is 6.31. The summed E-state index contributed by atoms with van der Waals surface area (Å²) in [5.74, 6) is -1.42. The molecule has 0 radical (unpaired) electrons. The maximum atomic E-state index is 12.3. The largest absolute Gasteiger partial charge is 0.480 e. The quantitative estimate of drug-likeness (QED) is 0.890. The molecular weight excluding hydrogens is 262 g/mol. The summed E-state index contributed by atoms with van der Waals surface area (Å²) in [4.78, 5) is 24.7. The number of hydrogen-bond acceptors (Lipinski definition) is 3. The number of thiophene rings is 1. The normalized spacial score (nSPS) is 19.8. The van der Waals surface area contributed by atoms with E-state index in [-0.39, 0.29) is 17.7 Å². The highest BCUT2D eigenvalue weighted by molar-refractivity contribution is 7.10. The lowest BCUT2D eigenvalue weighted by Gasteiger charge is -2.25. The smallest absolute Gasteiger partial charge is 0.326 e. The number of hydrogen-bond donors (Lipinski definition) is 2. The molecule has 1 amide bonds. The van der Waals surface area contributed by atoms with Gasteiger partial charge in [0.05, 0.1) is 5.92 Å². The fraction of sp³-hybridized carbons (Fsp3) is 0.571. The third kappa shape index (κ3) is 2.97. The Hall–Kier alpha value is -1.36. The number of carboxylic acid groups (broad SMARTS) is 1. The van der Waals surface area contributed by atoms with Crippen molar-refractivity contribution in [3.8, 4) is 0 Å². The molecule has 0 aromatic carbocycles. The number of nitrogens with one attached hydrogen (secondary N) is 1. The highest BCUT2D eigenvalue weighted by atomic mass is 32.1. The summed E-state index contributed by atoms with van der Waals surface area (Å²) in [5.41, 5.74) is 1.08. The first-order valence-corrected chi connectivity index (χ1v) is 7.48. The standard InChI is InChI=1S/C14H19NO3S/c1-8(2)12(14(17)18)15-13(16)10-4-3-5-11-9(10)6-7-19-11/h6-8,10,12H,3-5H2,1-2H3,(H,15,16)(H,17,18). The van der Waals surface area contributed by atoms with Crippen LogP contribution in [0.25, 0.3) is 0 Å². The molecule has 0 fully saturated rings. The van der Waals surface area contributed by atoms with Gasteiger partial charge in [-0.15, -0.1) is 11.3 Å². The van der Waals surface area contributed by atoms with Crippen molar-refractivity contribution < 1.29 is 14.7 Å². The zero-order valence-electron chi connectivity index (χ0n) is 11.2. The number of carbonyl (C=O) groups excluding carboxylic acids is 1. The zero-order chi connectivity index (χ0) is 14.0. The third-order valence-corrected chi connectivity index (χ3v) is 4.60. The van der Waals surface area contributed by atoms with Gasteiger partial charge in [-0.2, -0.15) is 0 Å². The summed E-state index contributed by atoms with van der Waals surface area (Å²) in [7, 11) is 0. The molecule has 0 aliphatic heterocycles. The molecule has 2 unspecified atom stereocenters. The monoisotopic (exact) mass is 281 g/mol. The minimum absolute atomic E-state index is 0.119. The second-order valence-electron chi connectivity index (χ2n) is 5.31. The van der Waals surface area contributed by atoms with Gasteiger partial charge in [0.15, 0.2) is 0 Å². The maximum Gasteiger partial charge on any atom is 0.326 e. The zero-order valence-corrected chi connectivity index (χ0v) is 12.0. The molecular formula is C14H19NO3S. The first-order valence-electron chi connectivity index (χ1n) is 6.60. The highest BCUT2D eigenvalue weighted by Crippen LogP contribution is 2.35. The predicted octanol–water partition coefficient (Wildman–Crippen LogP) is 2.39.